The molecule has 0 bridgehead atoms. The van der Waals surface area contributed by atoms with Crippen LogP contribution in [-0.4, -0.2) is 54.1 Å². The molecule has 172 valence electrons. The van der Waals surface area contributed by atoms with Crippen LogP contribution in [0.1, 0.15) is 57.1 Å². The summed E-state index contributed by atoms with van der Waals surface area (Å²) in [5.74, 6) is -0.519. The van der Waals surface area contributed by atoms with Crippen LogP contribution in [0.25, 0.3) is 0 Å². The summed E-state index contributed by atoms with van der Waals surface area (Å²) in [6, 6.07) is 5.54. The van der Waals surface area contributed by atoms with E-state index in [4.69, 9.17) is 4.74 Å². The van der Waals surface area contributed by atoms with Crippen LogP contribution in [0.2, 0.25) is 0 Å². The third kappa shape index (κ3) is 5.92. The zero-order chi connectivity index (χ0) is 23.0. The summed E-state index contributed by atoms with van der Waals surface area (Å²) in [5, 5.41) is 0. The summed E-state index contributed by atoms with van der Waals surface area (Å²) < 4.78 is 45.2. The molecule has 2 unspecified atom stereocenters. The maximum atomic E-state index is 13.3. The Morgan fingerprint density at radius 3 is 2.32 bits per heavy atom. The van der Waals surface area contributed by atoms with Gasteiger partial charge in [-0.05, 0) is 63.5 Å². The molecule has 2 fully saturated rings. The molecule has 1 aliphatic carbocycles. The average molecular weight is 441 g/mol. The van der Waals surface area contributed by atoms with Crippen molar-refractivity contribution < 1.29 is 27.5 Å². The van der Waals surface area contributed by atoms with E-state index in [-0.39, 0.29) is 35.3 Å². The number of hydrogen-bond donors (Lipinski definition) is 0. The SMILES string of the molecule is CN(CC1CCN(C(=O)C2CC2c2ccccc2C(F)(F)F)CC1)C(=O)OC(C)(C)C. The number of likely N-dealkylation sites (tertiary alicyclic amines) is 1. The fraction of sp³-hybridized carbons (Fsp3) is 0.652. The van der Waals surface area contributed by atoms with Crippen molar-refractivity contribution in [3.05, 3.63) is 35.4 Å². The molecule has 3 rings (SSSR count). The normalized spacial score (nSPS) is 22.2. The van der Waals surface area contributed by atoms with Crippen molar-refractivity contribution in [3.8, 4) is 0 Å². The standard InChI is InChI=1S/C23H31F3N2O3/c1-22(2,3)31-21(30)27(4)14-15-9-11-28(12-10-15)20(29)18-13-17(18)16-7-5-6-8-19(16)23(24,25)26/h5-8,15,17-18H,9-14H2,1-4H3. The van der Waals surface area contributed by atoms with Gasteiger partial charge in [0, 0.05) is 32.6 Å². The molecule has 0 N–H and O–H groups in total. The monoisotopic (exact) mass is 440 g/mol. The molecule has 0 spiro atoms. The number of piperidine rings is 1. The molecule has 0 aromatic heterocycles. The molecule has 5 nitrogen and oxygen atoms in total. The number of alkyl halides is 3. The van der Waals surface area contributed by atoms with Crippen LogP contribution < -0.4 is 0 Å². The van der Waals surface area contributed by atoms with E-state index < -0.39 is 17.3 Å². The molecular weight excluding hydrogens is 409 g/mol. The highest BCUT2D eigenvalue weighted by atomic mass is 19.4. The van der Waals surface area contributed by atoms with Crippen molar-refractivity contribution in [1.82, 2.24) is 9.80 Å². The van der Waals surface area contributed by atoms with Crippen LogP contribution in [-0.2, 0) is 15.7 Å². The Balaban J connectivity index is 1.50. The van der Waals surface area contributed by atoms with Crippen LogP contribution in [0, 0.1) is 11.8 Å². The summed E-state index contributed by atoms with van der Waals surface area (Å²) in [6.07, 6.45) is -2.79. The second-order valence-electron chi connectivity index (χ2n) is 9.66. The Morgan fingerprint density at radius 1 is 1.13 bits per heavy atom. The summed E-state index contributed by atoms with van der Waals surface area (Å²) in [7, 11) is 1.71. The zero-order valence-electron chi connectivity index (χ0n) is 18.5. The number of benzene rings is 1. The summed E-state index contributed by atoms with van der Waals surface area (Å²) in [4.78, 5) is 28.3. The van der Waals surface area contributed by atoms with Gasteiger partial charge in [-0.1, -0.05) is 18.2 Å². The maximum absolute atomic E-state index is 13.3. The number of ether oxygens (including phenoxy) is 1. The number of rotatable bonds is 4. The minimum absolute atomic E-state index is 0.0547. The first kappa shape index (κ1) is 23.4. The second-order valence-corrected chi connectivity index (χ2v) is 9.66. The lowest BCUT2D eigenvalue weighted by atomic mass is 9.95. The van der Waals surface area contributed by atoms with Gasteiger partial charge in [-0.15, -0.1) is 0 Å². The highest BCUT2D eigenvalue weighted by Crippen LogP contribution is 2.52. The van der Waals surface area contributed by atoms with Gasteiger partial charge in [0.05, 0.1) is 5.56 Å². The van der Waals surface area contributed by atoms with Crippen molar-refractivity contribution in [2.75, 3.05) is 26.7 Å². The first-order valence-electron chi connectivity index (χ1n) is 10.8. The lowest BCUT2D eigenvalue weighted by molar-refractivity contribution is -0.139. The fourth-order valence-corrected chi connectivity index (χ4v) is 4.26. The predicted molar refractivity (Wildman–Crippen MR) is 110 cm³/mol. The van der Waals surface area contributed by atoms with Gasteiger partial charge in [-0.3, -0.25) is 4.79 Å². The third-order valence-electron chi connectivity index (χ3n) is 5.94. The predicted octanol–water partition coefficient (Wildman–Crippen LogP) is 4.91. The van der Waals surface area contributed by atoms with E-state index >= 15 is 0 Å². The molecule has 1 saturated heterocycles. The number of carbonyl (C=O) groups is 2. The third-order valence-corrected chi connectivity index (χ3v) is 5.94. The van der Waals surface area contributed by atoms with E-state index in [0.717, 1.165) is 18.9 Å². The zero-order valence-corrected chi connectivity index (χ0v) is 18.5. The van der Waals surface area contributed by atoms with Crippen molar-refractivity contribution in [2.24, 2.45) is 11.8 Å². The Hall–Kier alpha value is -2.25. The van der Waals surface area contributed by atoms with E-state index in [1.54, 1.807) is 22.9 Å². The number of carbonyl (C=O) groups excluding carboxylic acids is 2. The summed E-state index contributed by atoms with van der Waals surface area (Å²) in [5.41, 5.74) is -0.964. The summed E-state index contributed by atoms with van der Waals surface area (Å²) in [6.45, 7) is 7.15. The number of hydrogen-bond acceptors (Lipinski definition) is 3. The topological polar surface area (TPSA) is 49.9 Å². The molecule has 31 heavy (non-hydrogen) atoms. The molecule has 0 radical (unpaired) electrons. The largest absolute Gasteiger partial charge is 0.444 e. The Labute approximate surface area is 181 Å². The molecule has 1 aliphatic heterocycles. The fourth-order valence-electron chi connectivity index (χ4n) is 4.26. The smallest absolute Gasteiger partial charge is 0.416 e. The molecule has 2 aliphatic rings. The van der Waals surface area contributed by atoms with E-state index in [2.05, 4.69) is 0 Å². The van der Waals surface area contributed by atoms with Gasteiger partial charge < -0.3 is 14.5 Å². The van der Waals surface area contributed by atoms with Crippen molar-refractivity contribution in [3.63, 3.8) is 0 Å². The van der Waals surface area contributed by atoms with E-state index in [9.17, 15) is 22.8 Å². The van der Waals surface area contributed by atoms with Gasteiger partial charge in [0.15, 0.2) is 0 Å². The number of nitrogens with zero attached hydrogens (tertiary/aromatic N) is 2. The molecule has 1 heterocycles. The highest BCUT2D eigenvalue weighted by molar-refractivity contribution is 5.83. The van der Waals surface area contributed by atoms with Crippen LogP contribution in [0.4, 0.5) is 18.0 Å². The van der Waals surface area contributed by atoms with Crippen LogP contribution in [0.3, 0.4) is 0 Å². The highest BCUT2D eigenvalue weighted by Gasteiger charge is 2.49. The van der Waals surface area contributed by atoms with Gasteiger partial charge in [0.1, 0.15) is 5.60 Å². The molecule has 1 aromatic rings. The van der Waals surface area contributed by atoms with E-state index in [1.165, 1.54) is 12.1 Å². The summed E-state index contributed by atoms with van der Waals surface area (Å²) >= 11 is 0. The minimum Gasteiger partial charge on any atom is -0.444 e. The molecule has 1 aromatic carbocycles. The first-order chi connectivity index (χ1) is 14.4. The molecular formula is C23H31F3N2O3. The van der Waals surface area contributed by atoms with Crippen molar-refractivity contribution >= 4 is 12.0 Å². The first-order valence-corrected chi connectivity index (χ1v) is 10.8. The molecule has 2 atom stereocenters. The number of halogens is 3. The van der Waals surface area contributed by atoms with Gasteiger partial charge in [0.25, 0.3) is 0 Å². The quantitative estimate of drug-likeness (QED) is 0.668. The lowest BCUT2D eigenvalue weighted by Gasteiger charge is -2.34. The van der Waals surface area contributed by atoms with Crippen LogP contribution >= 0.6 is 0 Å². The van der Waals surface area contributed by atoms with Gasteiger partial charge in [-0.25, -0.2) is 4.79 Å². The Kier molecular flexibility index (Phi) is 6.58. The lowest BCUT2D eigenvalue weighted by Crippen LogP contribution is -2.43. The second kappa shape index (κ2) is 8.71. The van der Waals surface area contributed by atoms with E-state index in [0.29, 0.717) is 26.1 Å². The van der Waals surface area contributed by atoms with E-state index in [1.807, 2.05) is 20.8 Å². The Morgan fingerprint density at radius 2 is 1.74 bits per heavy atom. The van der Waals surface area contributed by atoms with Crippen LogP contribution in [0.15, 0.2) is 24.3 Å². The minimum atomic E-state index is -4.41. The van der Waals surface area contributed by atoms with Crippen LogP contribution in [0.5, 0.6) is 0 Å². The van der Waals surface area contributed by atoms with Gasteiger partial charge >= 0.3 is 12.3 Å². The van der Waals surface area contributed by atoms with Gasteiger partial charge in [0.2, 0.25) is 5.91 Å². The Bertz CT molecular complexity index is 811. The van der Waals surface area contributed by atoms with Gasteiger partial charge in [-0.2, -0.15) is 13.2 Å². The molecule has 2 amide bonds. The molecule has 8 heteroatoms. The molecule has 1 saturated carbocycles. The maximum Gasteiger partial charge on any atom is 0.416 e. The van der Waals surface area contributed by atoms with Crippen molar-refractivity contribution in [1.29, 1.82) is 0 Å². The van der Waals surface area contributed by atoms with Crippen molar-refractivity contribution in [2.45, 2.75) is 57.7 Å². The average Bonchev–Trinajstić information content (AvgIpc) is 3.47. The number of amides is 2.